The van der Waals surface area contributed by atoms with Crippen LogP contribution in [-0.4, -0.2) is 14.1 Å². The molecule has 5 heteroatoms. The zero-order valence-electron chi connectivity index (χ0n) is 14.5. The smallest absolute Gasteiger partial charge is 0.276 e. The van der Waals surface area contributed by atoms with Gasteiger partial charge >= 0.3 is 0 Å². The number of benzene rings is 1. The van der Waals surface area contributed by atoms with Crippen LogP contribution in [0.3, 0.4) is 0 Å². The summed E-state index contributed by atoms with van der Waals surface area (Å²) >= 11 is 0. The van der Waals surface area contributed by atoms with Crippen molar-refractivity contribution < 1.29 is 0 Å². The molecule has 3 aromatic heterocycles. The molecule has 5 rings (SSSR count). The molecule has 0 unspecified atom stereocenters. The van der Waals surface area contributed by atoms with Gasteiger partial charge in [-0.1, -0.05) is 24.3 Å². The summed E-state index contributed by atoms with van der Waals surface area (Å²) in [7, 11) is 0. The van der Waals surface area contributed by atoms with Crippen molar-refractivity contribution in [3.63, 3.8) is 0 Å². The van der Waals surface area contributed by atoms with E-state index in [0.717, 1.165) is 11.0 Å². The molecule has 0 atom stereocenters. The molecule has 0 spiro atoms. The van der Waals surface area contributed by atoms with E-state index in [1.807, 2.05) is 48.5 Å². The molecule has 0 fully saturated rings. The standard InChI is InChI=1S/C21H18N4O/c1-2-25-20-15(7-5-9-22-20)12-18(21(25)26)24-11-10-23-13-16-6-3-4-8-17(16)19(23)14-24/h3-13H,2,14H2,1H3. The zero-order chi connectivity index (χ0) is 17.7. The monoisotopic (exact) mass is 342 g/mol. The van der Waals surface area contributed by atoms with Crippen LogP contribution in [0.2, 0.25) is 0 Å². The summed E-state index contributed by atoms with van der Waals surface area (Å²) in [5, 5.41) is 3.41. The van der Waals surface area contributed by atoms with E-state index >= 15 is 0 Å². The molecule has 26 heavy (non-hydrogen) atoms. The third kappa shape index (κ3) is 2.10. The number of aryl methyl sites for hydroxylation is 1. The van der Waals surface area contributed by atoms with Gasteiger partial charge in [0.25, 0.3) is 5.56 Å². The zero-order valence-corrected chi connectivity index (χ0v) is 14.5. The van der Waals surface area contributed by atoms with E-state index in [-0.39, 0.29) is 5.56 Å². The number of nitrogens with zero attached hydrogens (tertiary/aromatic N) is 4. The van der Waals surface area contributed by atoms with Gasteiger partial charge in [0.1, 0.15) is 11.3 Å². The van der Waals surface area contributed by atoms with Crippen molar-refractivity contribution in [3.05, 3.63) is 77.1 Å². The van der Waals surface area contributed by atoms with Gasteiger partial charge in [-0.15, -0.1) is 0 Å². The van der Waals surface area contributed by atoms with Crippen LogP contribution < -0.4 is 10.5 Å². The summed E-state index contributed by atoms with van der Waals surface area (Å²) in [5.41, 5.74) is 2.60. The van der Waals surface area contributed by atoms with Crippen molar-refractivity contribution in [1.82, 2.24) is 14.1 Å². The molecule has 0 aliphatic carbocycles. The van der Waals surface area contributed by atoms with Gasteiger partial charge in [0.15, 0.2) is 0 Å². The number of fused-ring (bicyclic) bond motifs is 4. The molecule has 0 bridgehead atoms. The van der Waals surface area contributed by atoms with Crippen LogP contribution in [0.15, 0.2) is 65.9 Å². The normalized spacial score (nSPS) is 13.5. The number of hydrogen-bond acceptors (Lipinski definition) is 3. The van der Waals surface area contributed by atoms with Crippen molar-refractivity contribution in [2.24, 2.45) is 0 Å². The highest BCUT2D eigenvalue weighted by Gasteiger charge is 2.19. The summed E-state index contributed by atoms with van der Waals surface area (Å²) in [6, 6.07) is 14.2. The Morgan fingerprint density at radius 3 is 2.81 bits per heavy atom. The Balaban J connectivity index is 1.68. The Morgan fingerprint density at radius 1 is 1.08 bits per heavy atom. The summed E-state index contributed by atoms with van der Waals surface area (Å²) in [6.07, 6.45) is 7.85. The average molecular weight is 342 g/mol. The molecule has 4 heterocycles. The third-order valence-electron chi connectivity index (χ3n) is 5.04. The second-order valence-electron chi connectivity index (χ2n) is 6.49. The summed E-state index contributed by atoms with van der Waals surface area (Å²) in [4.78, 5) is 19.5. The minimum atomic E-state index is -0.00679. The van der Waals surface area contributed by atoms with Crippen molar-refractivity contribution >= 4 is 33.7 Å². The van der Waals surface area contributed by atoms with Crippen LogP contribution in [0.1, 0.15) is 12.6 Å². The maximum absolute atomic E-state index is 13.1. The molecule has 1 aliphatic heterocycles. The summed E-state index contributed by atoms with van der Waals surface area (Å²) in [6.45, 7) is 3.23. The topological polar surface area (TPSA) is 43.1 Å². The first-order valence-electron chi connectivity index (χ1n) is 8.78. The van der Waals surface area contributed by atoms with Crippen molar-refractivity contribution in [1.29, 1.82) is 0 Å². The van der Waals surface area contributed by atoms with Gasteiger partial charge in [-0.3, -0.25) is 9.36 Å². The Kier molecular flexibility index (Phi) is 3.22. The van der Waals surface area contributed by atoms with Crippen molar-refractivity contribution in [2.45, 2.75) is 20.0 Å². The van der Waals surface area contributed by atoms with E-state index in [1.54, 1.807) is 10.8 Å². The quantitative estimate of drug-likeness (QED) is 0.556. The predicted molar refractivity (Wildman–Crippen MR) is 105 cm³/mol. The van der Waals surface area contributed by atoms with Gasteiger partial charge in [-0.05, 0) is 25.1 Å². The van der Waals surface area contributed by atoms with Crippen LogP contribution in [0.25, 0.3) is 28.0 Å². The van der Waals surface area contributed by atoms with E-state index in [0.29, 0.717) is 18.8 Å². The third-order valence-corrected chi connectivity index (χ3v) is 5.04. The lowest BCUT2D eigenvalue weighted by Crippen LogP contribution is -2.30. The van der Waals surface area contributed by atoms with Crippen LogP contribution in [0, 0.1) is 0 Å². The van der Waals surface area contributed by atoms with E-state index in [1.165, 1.54) is 16.5 Å². The lowest BCUT2D eigenvalue weighted by atomic mass is 10.1. The molecular weight excluding hydrogens is 324 g/mol. The van der Waals surface area contributed by atoms with Gasteiger partial charge in [0, 0.05) is 53.2 Å². The van der Waals surface area contributed by atoms with Crippen LogP contribution in [0.4, 0.5) is 5.69 Å². The number of anilines is 1. The Labute approximate surface area is 150 Å². The highest BCUT2D eigenvalue weighted by molar-refractivity contribution is 5.87. The van der Waals surface area contributed by atoms with Crippen LogP contribution in [-0.2, 0) is 13.1 Å². The second-order valence-corrected chi connectivity index (χ2v) is 6.49. The van der Waals surface area contributed by atoms with Crippen molar-refractivity contribution in [3.8, 4) is 0 Å². The number of hydrogen-bond donors (Lipinski definition) is 0. The lowest BCUT2D eigenvalue weighted by Gasteiger charge is -2.25. The first kappa shape index (κ1) is 15.0. The van der Waals surface area contributed by atoms with E-state index in [2.05, 4.69) is 33.9 Å². The van der Waals surface area contributed by atoms with Crippen molar-refractivity contribution in [2.75, 3.05) is 4.90 Å². The fourth-order valence-electron chi connectivity index (χ4n) is 3.76. The molecule has 128 valence electrons. The number of pyridine rings is 2. The summed E-state index contributed by atoms with van der Waals surface area (Å²) in [5.74, 6) is 0. The highest BCUT2D eigenvalue weighted by atomic mass is 16.1. The molecule has 1 aromatic carbocycles. The van der Waals surface area contributed by atoms with Gasteiger partial charge in [-0.2, -0.15) is 0 Å². The summed E-state index contributed by atoms with van der Waals surface area (Å²) < 4.78 is 3.88. The molecule has 0 amide bonds. The second kappa shape index (κ2) is 5.59. The number of rotatable bonds is 2. The molecule has 0 saturated heterocycles. The lowest BCUT2D eigenvalue weighted by molar-refractivity contribution is 0.742. The maximum Gasteiger partial charge on any atom is 0.276 e. The predicted octanol–water partition coefficient (Wildman–Crippen LogP) is 3.82. The molecule has 5 nitrogen and oxygen atoms in total. The molecule has 0 radical (unpaired) electrons. The molecule has 1 aliphatic rings. The van der Waals surface area contributed by atoms with Crippen LogP contribution in [0.5, 0.6) is 0 Å². The fraction of sp³-hybridized carbons (Fsp3) is 0.143. The van der Waals surface area contributed by atoms with Gasteiger partial charge in [0.05, 0.1) is 6.54 Å². The Morgan fingerprint density at radius 2 is 1.92 bits per heavy atom. The minimum Gasteiger partial charge on any atom is -0.336 e. The molecule has 0 N–H and O–H groups in total. The number of aromatic nitrogens is 3. The van der Waals surface area contributed by atoms with Gasteiger partial charge in [-0.25, -0.2) is 4.98 Å². The highest BCUT2D eigenvalue weighted by Crippen LogP contribution is 2.28. The van der Waals surface area contributed by atoms with Gasteiger partial charge < -0.3 is 9.47 Å². The Bertz CT molecular complexity index is 1230. The molecule has 0 saturated carbocycles. The van der Waals surface area contributed by atoms with E-state index in [9.17, 15) is 4.79 Å². The first-order valence-corrected chi connectivity index (χ1v) is 8.78. The minimum absolute atomic E-state index is 0.00679. The van der Waals surface area contributed by atoms with E-state index < -0.39 is 0 Å². The maximum atomic E-state index is 13.1. The molecular formula is C21H18N4O. The molecule has 4 aromatic rings. The largest absolute Gasteiger partial charge is 0.336 e. The average Bonchev–Trinajstić information content (AvgIpc) is 3.05. The van der Waals surface area contributed by atoms with Crippen LogP contribution >= 0.6 is 0 Å². The fourth-order valence-corrected chi connectivity index (χ4v) is 3.76. The Hall–Kier alpha value is -3.34. The SMILES string of the molecule is CCn1c(=O)c(N2C=Cn3cc4ccccc4c3C2)cc2cccnc21. The van der Waals surface area contributed by atoms with E-state index in [4.69, 9.17) is 0 Å². The first-order chi connectivity index (χ1) is 12.8. The van der Waals surface area contributed by atoms with Gasteiger partial charge in [0.2, 0.25) is 0 Å².